The molecule has 4 rings (SSSR count). The molecule has 0 amide bonds. The number of hydrogen-bond acceptors (Lipinski definition) is 3. The molecule has 3 nitrogen and oxygen atoms in total. The number of benzene rings is 1. The van der Waals surface area contributed by atoms with E-state index in [1.165, 1.54) is 0 Å². The molecule has 0 radical (unpaired) electrons. The summed E-state index contributed by atoms with van der Waals surface area (Å²) in [6, 6.07) is 10.2. The Kier molecular flexibility index (Phi) is 4.35. The molecule has 1 aromatic carbocycles. The third kappa shape index (κ3) is 2.44. The van der Waals surface area contributed by atoms with Gasteiger partial charge in [-0.15, -0.1) is 6.58 Å². The van der Waals surface area contributed by atoms with E-state index in [0.29, 0.717) is 13.0 Å². The van der Waals surface area contributed by atoms with Crippen molar-refractivity contribution in [3.05, 3.63) is 54.1 Å². The topological polar surface area (TPSA) is 38.7 Å². The Morgan fingerprint density at radius 1 is 1.04 bits per heavy atom. The van der Waals surface area contributed by atoms with Crippen LogP contribution in [0.1, 0.15) is 50.5 Å². The second-order valence-corrected chi connectivity index (χ2v) is 7.66. The Labute approximate surface area is 150 Å². The third-order valence-electron chi connectivity index (χ3n) is 6.44. The monoisotopic (exact) mass is 340 g/mol. The van der Waals surface area contributed by atoms with E-state index < -0.39 is 11.2 Å². The fourth-order valence-electron chi connectivity index (χ4n) is 5.37. The summed E-state index contributed by atoms with van der Waals surface area (Å²) in [5.74, 6) is 0. The highest BCUT2D eigenvalue weighted by Crippen LogP contribution is 2.59. The number of hydrogen-bond donors (Lipinski definition) is 1. The lowest BCUT2D eigenvalue weighted by Crippen LogP contribution is -2.70. The maximum absolute atomic E-state index is 12.0. The third-order valence-corrected chi connectivity index (χ3v) is 6.44. The molecule has 1 aromatic rings. The van der Waals surface area contributed by atoms with E-state index in [-0.39, 0.29) is 5.60 Å². The fraction of sp³-hybridized carbons (Fsp3) is 0.545. The Hall–Kier alpha value is -1.42. The summed E-state index contributed by atoms with van der Waals surface area (Å²) in [7, 11) is 0. The number of fused-ring (bicyclic) bond motifs is 1. The van der Waals surface area contributed by atoms with Gasteiger partial charge in [0.2, 0.25) is 0 Å². The van der Waals surface area contributed by atoms with Crippen LogP contribution in [0, 0.1) is 0 Å². The number of aliphatic hydroxyl groups is 1. The second-order valence-electron chi connectivity index (χ2n) is 7.66. The molecule has 1 saturated carbocycles. The average Bonchev–Trinajstić information content (AvgIpc) is 3.29. The number of ether oxygens (including phenoxy) is 2. The lowest BCUT2D eigenvalue weighted by molar-refractivity contribution is -0.254. The minimum atomic E-state index is -1.05. The molecule has 2 heterocycles. The van der Waals surface area contributed by atoms with Crippen LogP contribution in [0.3, 0.4) is 0 Å². The molecule has 2 aliphatic heterocycles. The summed E-state index contributed by atoms with van der Waals surface area (Å²) in [6.45, 7) is 5.40. The standard InChI is InChI=1S/C22H28O3/c1-2-11-21(23)19(17-18-8-4-3-5-9-18)10-14-20(12-6-15-24-20)22(21)13-7-16-25-22/h2-5,8-9,17,23H,1,6-7,10-16H2/b19-17+/t20-,21?,22+/m1/s1. The average molecular weight is 340 g/mol. The van der Waals surface area contributed by atoms with Gasteiger partial charge in [-0.25, -0.2) is 0 Å². The zero-order valence-electron chi connectivity index (χ0n) is 14.9. The van der Waals surface area contributed by atoms with E-state index in [4.69, 9.17) is 9.47 Å². The Morgan fingerprint density at radius 2 is 1.80 bits per heavy atom. The molecule has 0 aromatic heterocycles. The molecule has 2 spiro atoms. The van der Waals surface area contributed by atoms with Crippen LogP contribution < -0.4 is 0 Å². The van der Waals surface area contributed by atoms with E-state index in [0.717, 1.165) is 56.3 Å². The Morgan fingerprint density at radius 3 is 2.44 bits per heavy atom. The molecule has 0 bridgehead atoms. The van der Waals surface area contributed by atoms with Crippen molar-refractivity contribution in [1.82, 2.24) is 0 Å². The van der Waals surface area contributed by atoms with E-state index >= 15 is 0 Å². The van der Waals surface area contributed by atoms with Crippen molar-refractivity contribution in [1.29, 1.82) is 0 Å². The van der Waals surface area contributed by atoms with Crippen molar-refractivity contribution in [2.24, 2.45) is 0 Å². The lowest BCUT2D eigenvalue weighted by Gasteiger charge is -2.58. The van der Waals surface area contributed by atoms with Gasteiger partial charge < -0.3 is 14.6 Å². The molecular formula is C22H28O3. The summed E-state index contributed by atoms with van der Waals surface area (Å²) in [4.78, 5) is 0. The van der Waals surface area contributed by atoms with Crippen molar-refractivity contribution < 1.29 is 14.6 Å². The van der Waals surface area contributed by atoms with Gasteiger partial charge in [0, 0.05) is 19.6 Å². The van der Waals surface area contributed by atoms with Crippen molar-refractivity contribution in [2.75, 3.05) is 13.2 Å². The molecule has 25 heavy (non-hydrogen) atoms. The van der Waals surface area contributed by atoms with Gasteiger partial charge in [-0.3, -0.25) is 0 Å². The van der Waals surface area contributed by atoms with Crippen LogP contribution in [0.25, 0.3) is 6.08 Å². The lowest BCUT2D eigenvalue weighted by atomic mass is 9.57. The molecule has 3 atom stereocenters. The normalized spacial score (nSPS) is 39.5. The minimum Gasteiger partial charge on any atom is -0.382 e. The van der Waals surface area contributed by atoms with Gasteiger partial charge in [0.25, 0.3) is 0 Å². The fourth-order valence-corrected chi connectivity index (χ4v) is 5.37. The van der Waals surface area contributed by atoms with Crippen molar-refractivity contribution in [3.8, 4) is 0 Å². The second kappa shape index (κ2) is 6.39. The molecule has 3 fully saturated rings. The van der Waals surface area contributed by atoms with Crippen LogP contribution in [0.4, 0.5) is 0 Å². The predicted octanol–water partition coefficient (Wildman–Crippen LogP) is 4.27. The van der Waals surface area contributed by atoms with Crippen LogP contribution >= 0.6 is 0 Å². The summed E-state index contributed by atoms with van der Waals surface area (Å²) in [5.41, 5.74) is 0.126. The first-order valence-corrected chi connectivity index (χ1v) is 9.53. The van der Waals surface area contributed by atoms with Gasteiger partial charge in [0.15, 0.2) is 0 Å². The highest BCUT2D eigenvalue weighted by Gasteiger charge is 2.69. The van der Waals surface area contributed by atoms with Gasteiger partial charge in [0.1, 0.15) is 16.8 Å². The maximum atomic E-state index is 12.0. The molecule has 1 aliphatic carbocycles. The first-order valence-electron chi connectivity index (χ1n) is 9.53. The van der Waals surface area contributed by atoms with Crippen LogP contribution in [0.5, 0.6) is 0 Å². The summed E-state index contributed by atoms with van der Waals surface area (Å²) in [5, 5.41) is 12.0. The summed E-state index contributed by atoms with van der Waals surface area (Å²) >= 11 is 0. The van der Waals surface area contributed by atoms with Crippen molar-refractivity contribution in [2.45, 2.75) is 61.7 Å². The van der Waals surface area contributed by atoms with Gasteiger partial charge >= 0.3 is 0 Å². The number of rotatable bonds is 3. The molecule has 1 unspecified atom stereocenters. The highest BCUT2D eigenvalue weighted by molar-refractivity contribution is 5.57. The Bertz CT molecular complexity index is 651. The summed E-state index contributed by atoms with van der Waals surface area (Å²) < 4.78 is 12.7. The zero-order chi connectivity index (χ0) is 17.4. The van der Waals surface area contributed by atoms with Crippen LogP contribution in [0.2, 0.25) is 0 Å². The highest BCUT2D eigenvalue weighted by atomic mass is 16.6. The molecule has 2 saturated heterocycles. The van der Waals surface area contributed by atoms with E-state index in [2.05, 4.69) is 24.8 Å². The van der Waals surface area contributed by atoms with Gasteiger partial charge in [-0.2, -0.15) is 0 Å². The largest absolute Gasteiger partial charge is 0.382 e. The van der Waals surface area contributed by atoms with Crippen LogP contribution in [0.15, 0.2) is 48.6 Å². The van der Waals surface area contributed by atoms with Crippen molar-refractivity contribution in [3.63, 3.8) is 0 Å². The van der Waals surface area contributed by atoms with Gasteiger partial charge in [-0.1, -0.05) is 42.5 Å². The van der Waals surface area contributed by atoms with E-state index in [1.807, 2.05) is 24.3 Å². The van der Waals surface area contributed by atoms with Crippen LogP contribution in [-0.4, -0.2) is 35.1 Å². The molecule has 3 aliphatic rings. The van der Waals surface area contributed by atoms with Crippen LogP contribution in [-0.2, 0) is 9.47 Å². The smallest absolute Gasteiger partial charge is 0.130 e. The summed E-state index contributed by atoms with van der Waals surface area (Å²) in [6.07, 6.45) is 10.1. The van der Waals surface area contributed by atoms with E-state index in [1.54, 1.807) is 0 Å². The quantitative estimate of drug-likeness (QED) is 0.835. The molecular weight excluding hydrogens is 312 g/mol. The zero-order valence-corrected chi connectivity index (χ0v) is 14.9. The van der Waals surface area contributed by atoms with Gasteiger partial charge in [-0.05, 0) is 49.7 Å². The Balaban J connectivity index is 1.83. The first kappa shape index (κ1) is 17.0. The SMILES string of the molecule is C=CCC1(O)/C(=C/c2ccccc2)CC[C@]2(CCCO2)[C@@]12CCCO2. The van der Waals surface area contributed by atoms with Gasteiger partial charge in [0.05, 0.1) is 0 Å². The maximum Gasteiger partial charge on any atom is 0.130 e. The first-order chi connectivity index (χ1) is 12.2. The molecule has 3 heteroatoms. The van der Waals surface area contributed by atoms with E-state index in [9.17, 15) is 5.11 Å². The molecule has 134 valence electrons. The minimum absolute atomic E-state index is 0.352. The van der Waals surface area contributed by atoms with Crippen molar-refractivity contribution >= 4 is 6.08 Å². The predicted molar refractivity (Wildman–Crippen MR) is 99.3 cm³/mol. The molecule has 1 N–H and O–H groups in total.